The molecule has 0 aliphatic carbocycles. The lowest BCUT2D eigenvalue weighted by Gasteiger charge is -2.37. The number of aryl methyl sites for hydroxylation is 2. The molecule has 3 rings (SSSR count). The van der Waals surface area contributed by atoms with Crippen LogP contribution in [0.2, 0.25) is 0 Å². The Morgan fingerprint density at radius 2 is 2.06 bits per heavy atom. The van der Waals surface area contributed by atoms with Gasteiger partial charge in [0.15, 0.2) is 0 Å². The van der Waals surface area contributed by atoms with E-state index in [9.17, 15) is 9.90 Å². The summed E-state index contributed by atoms with van der Waals surface area (Å²) in [6.07, 6.45) is 1.44. The summed E-state index contributed by atoms with van der Waals surface area (Å²) in [7, 11) is 0. The standard InChI is InChI=1S/C26H38N2O3S/c1-18(2)8-11-27(15-21(5)29)16-26(30)28-12-9-25-22(10-13-32-25)23(28)17-31-24-7-6-19(3)14-20(24)4/h6-7,10,13-14,18,21,23,29H,8-9,11-12,15-17H2,1-5H3/t21-,23+/m0/s1. The van der Waals surface area contributed by atoms with Gasteiger partial charge in [-0.15, -0.1) is 11.3 Å². The van der Waals surface area contributed by atoms with Crippen molar-refractivity contribution in [3.05, 3.63) is 51.2 Å². The van der Waals surface area contributed by atoms with Crippen LogP contribution in [0.4, 0.5) is 0 Å². The minimum Gasteiger partial charge on any atom is -0.491 e. The van der Waals surface area contributed by atoms with E-state index in [0.29, 0.717) is 32.2 Å². The quantitative estimate of drug-likeness (QED) is 0.565. The number of fused-ring (bicyclic) bond motifs is 1. The van der Waals surface area contributed by atoms with E-state index in [1.54, 1.807) is 18.3 Å². The van der Waals surface area contributed by atoms with Crippen molar-refractivity contribution in [2.45, 2.75) is 59.6 Å². The first-order chi connectivity index (χ1) is 15.2. The first-order valence-electron chi connectivity index (χ1n) is 11.7. The number of hydrogen-bond acceptors (Lipinski definition) is 5. The van der Waals surface area contributed by atoms with Crippen LogP contribution in [0.1, 0.15) is 54.8 Å². The average Bonchev–Trinajstić information content (AvgIpc) is 3.19. The number of thiophene rings is 1. The van der Waals surface area contributed by atoms with Gasteiger partial charge in [0.2, 0.25) is 5.91 Å². The Labute approximate surface area is 197 Å². The van der Waals surface area contributed by atoms with E-state index >= 15 is 0 Å². The molecule has 0 radical (unpaired) electrons. The van der Waals surface area contributed by atoms with Gasteiger partial charge in [-0.3, -0.25) is 9.69 Å². The highest BCUT2D eigenvalue weighted by Crippen LogP contribution is 2.34. The van der Waals surface area contributed by atoms with Crippen molar-refractivity contribution in [2.24, 2.45) is 5.92 Å². The zero-order chi connectivity index (χ0) is 23.3. The minimum absolute atomic E-state index is 0.0864. The molecule has 0 spiro atoms. The van der Waals surface area contributed by atoms with Gasteiger partial charge in [-0.05, 0) is 74.7 Å². The van der Waals surface area contributed by atoms with Crippen molar-refractivity contribution in [3.63, 3.8) is 0 Å². The molecule has 1 aliphatic rings. The second-order valence-electron chi connectivity index (χ2n) is 9.50. The van der Waals surface area contributed by atoms with Gasteiger partial charge in [0.05, 0.1) is 18.7 Å². The normalized spacial score (nSPS) is 17.0. The van der Waals surface area contributed by atoms with Gasteiger partial charge in [0.25, 0.3) is 0 Å². The lowest BCUT2D eigenvalue weighted by Crippen LogP contribution is -2.47. The lowest BCUT2D eigenvalue weighted by molar-refractivity contribution is -0.136. The van der Waals surface area contributed by atoms with E-state index in [4.69, 9.17) is 4.74 Å². The summed E-state index contributed by atoms with van der Waals surface area (Å²) in [5.41, 5.74) is 3.54. The van der Waals surface area contributed by atoms with E-state index in [0.717, 1.165) is 30.7 Å². The molecular weight excluding hydrogens is 420 g/mol. The number of carbonyl (C=O) groups excluding carboxylic acids is 1. The second-order valence-corrected chi connectivity index (χ2v) is 10.5. The first-order valence-corrected chi connectivity index (χ1v) is 12.6. The van der Waals surface area contributed by atoms with Crippen LogP contribution in [0.15, 0.2) is 29.6 Å². The highest BCUT2D eigenvalue weighted by molar-refractivity contribution is 7.10. The Kier molecular flexibility index (Phi) is 8.74. The fourth-order valence-electron chi connectivity index (χ4n) is 4.34. The third-order valence-electron chi connectivity index (χ3n) is 6.05. The largest absolute Gasteiger partial charge is 0.491 e. The number of rotatable bonds is 10. The van der Waals surface area contributed by atoms with Crippen LogP contribution in [0.5, 0.6) is 5.75 Å². The highest BCUT2D eigenvalue weighted by atomic mass is 32.1. The predicted molar refractivity (Wildman–Crippen MR) is 131 cm³/mol. The topological polar surface area (TPSA) is 53.0 Å². The van der Waals surface area contributed by atoms with E-state index in [2.05, 4.69) is 56.2 Å². The molecule has 1 N–H and O–H groups in total. The maximum atomic E-state index is 13.5. The first kappa shape index (κ1) is 24.7. The van der Waals surface area contributed by atoms with Gasteiger partial charge in [-0.25, -0.2) is 0 Å². The zero-order valence-electron chi connectivity index (χ0n) is 20.1. The number of carbonyl (C=O) groups is 1. The van der Waals surface area contributed by atoms with Crippen LogP contribution >= 0.6 is 11.3 Å². The number of nitrogens with zero attached hydrogens (tertiary/aromatic N) is 2. The van der Waals surface area contributed by atoms with E-state index in [-0.39, 0.29) is 11.9 Å². The molecule has 0 fully saturated rings. The summed E-state index contributed by atoms with van der Waals surface area (Å²) in [5.74, 6) is 1.54. The fourth-order valence-corrected chi connectivity index (χ4v) is 5.26. The Morgan fingerprint density at radius 3 is 2.75 bits per heavy atom. The summed E-state index contributed by atoms with van der Waals surface area (Å²) in [5, 5.41) is 12.1. The van der Waals surface area contributed by atoms with Gasteiger partial charge in [0.1, 0.15) is 12.4 Å². The number of hydrogen-bond donors (Lipinski definition) is 1. The molecule has 2 atom stereocenters. The van der Waals surface area contributed by atoms with Gasteiger partial charge in [-0.2, -0.15) is 0 Å². The van der Waals surface area contributed by atoms with Crippen molar-refractivity contribution in [1.29, 1.82) is 0 Å². The van der Waals surface area contributed by atoms with Crippen LogP contribution < -0.4 is 4.74 Å². The molecule has 176 valence electrons. The number of amides is 1. The van der Waals surface area contributed by atoms with Gasteiger partial charge in [0, 0.05) is 18.0 Å². The van der Waals surface area contributed by atoms with Crippen molar-refractivity contribution >= 4 is 17.2 Å². The van der Waals surface area contributed by atoms with Crippen LogP contribution in [0.3, 0.4) is 0 Å². The molecule has 6 heteroatoms. The molecule has 1 aliphatic heterocycles. The lowest BCUT2D eigenvalue weighted by atomic mass is 10.00. The summed E-state index contributed by atoms with van der Waals surface area (Å²) in [6.45, 7) is 13.1. The van der Waals surface area contributed by atoms with Gasteiger partial charge >= 0.3 is 0 Å². The van der Waals surface area contributed by atoms with E-state index in [1.807, 2.05) is 11.0 Å². The maximum absolute atomic E-state index is 13.5. The molecule has 2 aromatic rings. The third kappa shape index (κ3) is 6.56. The van der Waals surface area contributed by atoms with Crippen LogP contribution in [0, 0.1) is 19.8 Å². The second kappa shape index (κ2) is 11.3. The molecule has 0 bridgehead atoms. The van der Waals surface area contributed by atoms with Crippen molar-refractivity contribution in [3.8, 4) is 5.75 Å². The summed E-state index contributed by atoms with van der Waals surface area (Å²) in [4.78, 5) is 18.9. The van der Waals surface area contributed by atoms with Crippen molar-refractivity contribution in [2.75, 3.05) is 32.8 Å². The summed E-state index contributed by atoms with van der Waals surface area (Å²) >= 11 is 1.77. The zero-order valence-corrected chi connectivity index (χ0v) is 21.0. The molecule has 5 nitrogen and oxygen atoms in total. The van der Waals surface area contributed by atoms with Crippen LogP contribution in [-0.2, 0) is 11.2 Å². The van der Waals surface area contributed by atoms with Gasteiger partial charge < -0.3 is 14.7 Å². The SMILES string of the molecule is Cc1ccc(OC[C@@H]2c3ccsc3CCN2C(=O)CN(CCC(C)C)C[C@H](C)O)c(C)c1. The Morgan fingerprint density at radius 1 is 1.28 bits per heavy atom. The number of ether oxygens (including phenoxy) is 1. The summed E-state index contributed by atoms with van der Waals surface area (Å²) < 4.78 is 6.24. The highest BCUT2D eigenvalue weighted by Gasteiger charge is 2.33. The van der Waals surface area contributed by atoms with Crippen LogP contribution in [-0.4, -0.2) is 59.7 Å². The molecule has 0 saturated heterocycles. The van der Waals surface area contributed by atoms with Crippen molar-refractivity contribution < 1.29 is 14.6 Å². The van der Waals surface area contributed by atoms with Crippen molar-refractivity contribution in [1.82, 2.24) is 9.80 Å². The number of aliphatic hydroxyl groups is 1. The Bertz CT molecular complexity index is 893. The molecule has 32 heavy (non-hydrogen) atoms. The minimum atomic E-state index is -0.455. The Hall–Kier alpha value is -1.89. The molecule has 2 heterocycles. The van der Waals surface area contributed by atoms with Crippen LogP contribution in [0.25, 0.3) is 0 Å². The maximum Gasteiger partial charge on any atom is 0.237 e. The fraction of sp³-hybridized carbons (Fsp3) is 0.577. The Balaban J connectivity index is 1.74. The molecule has 1 aromatic carbocycles. The molecule has 1 amide bonds. The summed E-state index contributed by atoms with van der Waals surface area (Å²) in [6, 6.07) is 8.26. The monoisotopic (exact) mass is 458 g/mol. The number of aliphatic hydroxyl groups excluding tert-OH is 1. The van der Waals surface area contributed by atoms with Gasteiger partial charge in [-0.1, -0.05) is 31.5 Å². The van der Waals surface area contributed by atoms with E-state index < -0.39 is 6.10 Å². The molecular formula is C26H38N2O3S. The molecule has 0 saturated carbocycles. The third-order valence-corrected chi connectivity index (χ3v) is 7.04. The number of benzene rings is 1. The van der Waals surface area contributed by atoms with E-state index in [1.165, 1.54) is 16.0 Å². The average molecular weight is 459 g/mol. The smallest absolute Gasteiger partial charge is 0.237 e. The molecule has 1 aromatic heterocycles. The molecule has 0 unspecified atom stereocenters. The predicted octanol–water partition coefficient (Wildman–Crippen LogP) is 4.60.